The average molecular weight is 277 g/mol. The molecule has 1 atom stereocenters. The summed E-state index contributed by atoms with van der Waals surface area (Å²) in [6, 6.07) is 2.36. The number of nitrogens with two attached hydrogens (primary N) is 1. The first kappa shape index (κ1) is 17.1. The predicted octanol–water partition coefficient (Wildman–Crippen LogP) is 4.34. The lowest BCUT2D eigenvalue weighted by molar-refractivity contribution is 0.465. The number of hydrogen-bond acceptors (Lipinski definition) is 3. The molecule has 0 aromatic carbocycles. The van der Waals surface area contributed by atoms with Gasteiger partial charge in [-0.25, -0.2) is 0 Å². The summed E-state index contributed by atoms with van der Waals surface area (Å²) in [5.74, 6) is 5.70. The summed E-state index contributed by atoms with van der Waals surface area (Å²) >= 11 is 0. The van der Waals surface area contributed by atoms with Crippen LogP contribution in [0.4, 0.5) is 0 Å². The molecule has 1 rings (SSSR count). The van der Waals surface area contributed by atoms with Crippen molar-refractivity contribution in [2.45, 2.75) is 78.2 Å². The van der Waals surface area contributed by atoms with Crippen molar-refractivity contribution in [1.82, 2.24) is 10.4 Å². The van der Waals surface area contributed by atoms with Gasteiger partial charge in [0.1, 0.15) is 0 Å². The summed E-state index contributed by atoms with van der Waals surface area (Å²) in [7, 11) is 0. The van der Waals surface area contributed by atoms with E-state index in [4.69, 9.17) is 5.84 Å². The summed E-state index contributed by atoms with van der Waals surface area (Å²) in [6.07, 6.45) is 12.3. The van der Waals surface area contributed by atoms with Crippen LogP contribution in [-0.2, 0) is 0 Å². The van der Waals surface area contributed by atoms with Crippen molar-refractivity contribution in [1.29, 1.82) is 0 Å². The van der Waals surface area contributed by atoms with Gasteiger partial charge in [-0.15, -0.1) is 0 Å². The molecule has 0 saturated carbocycles. The normalized spacial score (nSPS) is 12.6. The molecule has 20 heavy (non-hydrogen) atoms. The van der Waals surface area contributed by atoms with Gasteiger partial charge in [-0.05, 0) is 31.4 Å². The van der Waals surface area contributed by atoms with E-state index in [-0.39, 0.29) is 6.04 Å². The molecule has 0 radical (unpaired) electrons. The molecule has 3 nitrogen and oxygen atoms in total. The molecular formula is C17H31N3. The Balaban J connectivity index is 2.32. The highest BCUT2D eigenvalue weighted by Crippen LogP contribution is 2.21. The summed E-state index contributed by atoms with van der Waals surface area (Å²) in [6.45, 7) is 6.45. The minimum absolute atomic E-state index is 0.186. The fraction of sp³-hybridized carbons (Fsp3) is 0.706. The third-order valence-electron chi connectivity index (χ3n) is 3.88. The number of hydrogen-bond donors (Lipinski definition) is 2. The van der Waals surface area contributed by atoms with Gasteiger partial charge >= 0.3 is 0 Å². The number of unbranched alkanes of at least 4 members (excludes halogenated alkanes) is 6. The van der Waals surface area contributed by atoms with Crippen LogP contribution in [0.25, 0.3) is 0 Å². The highest BCUT2D eigenvalue weighted by molar-refractivity contribution is 5.25. The number of pyridine rings is 1. The smallest absolute Gasteiger partial charge is 0.0634 e. The largest absolute Gasteiger partial charge is 0.271 e. The van der Waals surface area contributed by atoms with Crippen LogP contribution < -0.4 is 11.3 Å². The first-order valence-electron chi connectivity index (χ1n) is 8.08. The summed E-state index contributed by atoms with van der Waals surface area (Å²) < 4.78 is 0. The predicted molar refractivity (Wildman–Crippen MR) is 86.4 cm³/mol. The van der Waals surface area contributed by atoms with Crippen LogP contribution in [0.2, 0.25) is 0 Å². The minimum atomic E-state index is 0.186. The van der Waals surface area contributed by atoms with Gasteiger partial charge < -0.3 is 0 Å². The van der Waals surface area contributed by atoms with Gasteiger partial charge in [-0.2, -0.15) is 0 Å². The van der Waals surface area contributed by atoms with Crippen molar-refractivity contribution in [3.8, 4) is 0 Å². The van der Waals surface area contributed by atoms with Crippen molar-refractivity contribution >= 4 is 0 Å². The molecule has 1 heterocycles. The number of nitrogens with one attached hydrogen (secondary N) is 1. The van der Waals surface area contributed by atoms with Gasteiger partial charge in [-0.3, -0.25) is 16.3 Å². The van der Waals surface area contributed by atoms with Gasteiger partial charge in [0.25, 0.3) is 0 Å². The average Bonchev–Trinajstić information content (AvgIpc) is 2.43. The highest BCUT2D eigenvalue weighted by atomic mass is 15.2. The maximum atomic E-state index is 5.70. The molecule has 0 spiro atoms. The Hall–Kier alpha value is -0.930. The fourth-order valence-corrected chi connectivity index (χ4v) is 2.70. The lowest BCUT2D eigenvalue weighted by Crippen LogP contribution is -2.29. The molecule has 3 heteroatoms. The van der Waals surface area contributed by atoms with Crippen molar-refractivity contribution in [3.63, 3.8) is 0 Å². The molecule has 1 aromatic heterocycles. The standard InChI is InChI=1S/C17H31N3/c1-4-5-6-7-8-9-10-11-16(20-18)17-15(3)12-14(2)13-19-17/h12-13,16,20H,4-11,18H2,1-3H3. The van der Waals surface area contributed by atoms with Crippen molar-refractivity contribution in [2.75, 3.05) is 0 Å². The molecule has 0 saturated heterocycles. The maximum Gasteiger partial charge on any atom is 0.0634 e. The van der Waals surface area contributed by atoms with Gasteiger partial charge in [0.15, 0.2) is 0 Å². The van der Waals surface area contributed by atoms with Crippen molar-refractivity contribution in [3.05, 3.63) is 29.1 Å². The molecule has 0 aliphatic rings. The lowest BCUT2D eigenvalue weighted by atomic mass is 10.0. The van der Waals surface area contributed by atoms with E-state index in [9.17, 15) is 0 Å². The van der Waals surface area contributed by atoms with E-state index < -0.39 is 0 Å². The molecule has 114 valence electrons. The van der Waals surface area contributed by atoms with Gasteiger partial charge in [0.2, 0.25) is 0 Å². The molecule has 3 N–H and O–H groups in total. The number of aromatic nitrogens is 1. The second kappa shape index (κ2) is 9.89. The monoisotopic (exact) mass is 277 g/mol. The highest BCUT2D eigenvalue weighted by Gasteiger charge is 2.13. The van der Waals surface area contributed by atoms with E-state index in [1.54, 1.807) is 0 Å². The number of aryl methyl sites for hydroxylation is 2. The molecule has 0 aliphatic heterocycles. The molecule has 0 bridgehead atoms. The molecule has 1 unspecified atom stereocenters. The van der Waals surface area contributed by atoms with Crippen molar-refractivity contribution in [2.24, 2.45) is 5.84 Å². The second-order valence-electron chi connectivity index (χ2n) is 5.84. The number of hydrazine groups is 1. The van der Waals surface area contributed by atoms with E-state index in [1.165, 1.54) is 56.1 Å². The van der Waals surface area contributed by atoms with Crippen LogP contribution in [0, 0.1) is 13.8 Å². The van der Waals surface area contributed by atoms with Crippen LogP contribution in [0.1, 0.15) is 81.2 Å². The molecule has 1 aromatic rings. The van der Waals surface area contributed by atoms with E-state index in [0.717, 1.165) is 12.1 Å². The Kier molecular flexibility index (Phi) is 8.47. The quantitative estimate of drug-likeness (QED) is 0.380. The zero-order chi connectivity index (χ0) is 14.8. The minimum Gasteiger partial charge on any atom is -0.271 e. The zero-order valence-electron chi connectivity index (χ0n) is 13.4. The van der Waals surface area contributed by atoms with Crippen LogP contribution >= 0.6 is 0 Å². The van der Waals surface area contributed by atoms with E-state index in [2.05, 4.69) is 37.2 Å². The molecular weight excluding hydrogens is 246 g/mol. The second-order valence-corrected chi connectivity index (χ2v) is 5.84. The first-order chi connectivity index (χ1) is 9.69. The first-order valence-corrected chi connectivity index (χ1v) is 8.08. The molecule has 0 amide bonds. The third-order valence-corrected chi connectivity index (χ3v) is 3.88. The van der Waals surface area contributed by atoms with E-state index >= 15 is 0 Å². The topological polar surface area (TPSA) is 50.9 Å². The fourth-order valence-electron chi connectivity index (χ4n) is 2.70. The van der Waals surface area contributed by atoms with Crippen LogP contribution in [0.3, 0.4) is 0 Å². The van der Waals surface area contributed by atoms with Gasteiger partial charge in [0, 0.05) is 6.20 Å². The van der Waals surface area contributed by atoms with Gasteiger partial charge in [0.05, 0.1) is 11.7 Å². The zero-order valence-corrected chi connectivity index (χ0v) is 13.4. The number of rotatable bonds is 10. The van der Waals surface area contributed by atoms with E-state index in [0.29, 0.717) is 0 Å². The number of nitrogens with zero attached hydrogens (tertiary/aromatic N) is 1. The summed E-state index contributed by atoms with van der Waals surface area (Å²) in [4.78, 5) is 4.55. The van der Waals surface area contributed by atoms with Gasteiger partial charge in [-0.1, -0.05) is 57.9 Å². The Bertz CT molecular complexity index is 376. The Morgan fingerprint density at radius 1 is 1.10 bits per heavy atom. The Labute approximate surface area is 124 Å². The van der Waals surface area contributed by atoms with E-state index in [1.807, 2.05) is 6.20 Å². The summed E-state index contributed by atoms with van der Waals surface area (Å²) in [5.41, 5.74) is 6.47. The van der Waals surface area contributed by atoms with Crippen LogP contribution in [-0.4, -0.2) is 4.98 Å². The Morgan fingerprint density at radius 2 is 1.75 bits per heavy atom. The molecule has 0 fully saturated rings. The van der Waals surface area contributed by atoms with Crippen LogP contribution in [0.5, 0.6) is 0 Å². The summed E-state index contributed by atoms with van der Waals surface area (Å²) in [5, 5.41) is 0. The Morgan fingerprint density at radius 3 is 2.35 bits per heavy atom. The molecule has 0 aliphatic carbocycles. The third kappa shape index (κ3) is 6.02. The van der Waals surface area contributed by atoms with Crippen molar-refractivity contribution < 1.29 is 0 Å². The SMILES string of the molecule is CCCCCCCCCC(NN)c1ncc(C)cc1C. The lowest BCUT2D eigenvalue weighted by Gasteiger charge is -2.17. The maximum absolute atomic E-state index is 5.70. The van der Waals surface area contributed by atoms with Crippen LogP contribution in [0.15, 0.2) is 12.3 Å².